The Hall–Kier alpha value is -2.74. The van der Waals surface area contributed by atoms with Crippen molar-refractivity contribution >= 4 is 33.3 Å². The fourth-order valence-corrected chi connectivity index (χ4v) is 3.24. The summed E-state index contributed by atoms with van der Waals surface area (Å²) in [6.45, 7) is 0. The van der Waals surface area contributed by atoms with E-state index in [9.17, 15) is 9.59 Å². The number of methoxy groups -OCH3 is 1. The van der Waals surface area contributed by atoms with Crippen LogP contribution in [0.25, 0.3) is 11.0 Å². The summed E-state index contributed by atoms with van der Waals surface area (Å²) in [5, 5.41) is 12.5. The van der Waals surface area contributed by atoms with Gasteiger partial charge in [0.05, 0.1) is 7.11 Å². The van der Waals surface area contributed by atoms with E-state index in [0.717, 1.165) is 17.8 Å². The number of aromatic nitrogens is 2. The molecule has 0 unspecified atom stereocenters. The normalized spacial score (nSPS) is 13.9. The van der Waals surface area contributed by atoms with Gasteiger partial charge in [-0.2, -0.15) is 0 Å². The minimum atomic E-state index is -0.697. The predicted octanol–water partition coefficient (Wildman–Crippen LogP) is 2.78. The molecule has 0 saturated heterocycles. The first-order valence-corrected chi connectivity index (χ1v) is 8.22. The zero-order chi connectivity index (χ0) is 16.7. The summed E-state index contributed by atoms with van der Waals surface area (Å²) in [5.41, 5.74) is -0.389. The van der Waals surface area contributed by atoms with Crippen LogP contribution in [-0.4, -0.2) is 23.2 Å². The van der Waals surface area contributed by atoms with Crippen molar-refractivity contribution in [1.82, 2.24) is 10.2 Å². The number of nitrogens with zero attached hydrogens (tertiary/aromatic N) is 2. The third-order valence-electron chi connectivity index (χ3n) is 3.77. The number of anilines is 1. The van der Waals surface area contributed by atoms with Gasteiger partial charge in [0.25, 0.3) is 5.91 Å². The Morgan fingerprint density at radius 1 is 1.33 bits per heavy atom. The minimum absolute atomic E-state index is 0.0843. The first-order chi connectivity index (χ1) is 11.6. The van der Waals surface area contributed by atoms with Crippen molar-refractivity contribution in [2.45, 2.75) is 18.8 Å². The van der Waals surface area contributed by atoms with E-state index in [1.807, 2.05) is 0 Å². The fraction of sp³-hybridized carbons (Fsp3) is 0.250. The average molecular weight is 343 g/mol. The lowest BCUT2D eigenvalue weighted by Crippen LogP contribution is -2.20. The third kappa shape index (κ3) is 2.76. The molecule has 0 radical (unpaired) electrons. The van der Waals surface area contributed by atoms with Gasteiger partial charge in [-0.15, -0.1) is 10.2 Å². The molecule has 7 nitrogen and oxygen atoms in total. The molecule has 8 heteroatoms. The summed E-state index contributed by atoms with van der Waals surface area (Å²) in [6, 6.07) is 6.50. The van der Waals surface area contributed by atoms with E-state index in [2.05, 4.69) is 15.5 Å². The number of amides is 1. The highest BCUT2D eigenvalue weighted by molar-refractivity contribution is 7.15. The summed E-state index contributed by atoms with van der Waals surface area (Å²) in [7, 11) is 1.54. The molecule has 1 aliphatic carbocycles. The number of rotatable bonds is 4. The minimum Gasteiger partial charge on any atom is -0.497 e. The highest BCUT2D eigenvalue weighted by Crippen LogP contribution is 2.42. The van der Waals surface area contributed by atoms with E-state index in [0.29, 0.717) is 27.8 Å². The van der Waals surface area contributed by atoms with Crippen molar-refractivity contribution in [2.24, 2.45) is 0 Å². The Labute approximate surface area is 140 Å². The van der Waals surface area contributed by atoms with Gasteiger partial charge < -0.3 is 9.15 Å². The molecule has 1 aromatic carbocycles. The topological polar surface area (TPSA) is 94.3 Å². The summed E-state index contributed by atoms with van der Waals surface area (Å²) >= 11 is 1.34. The van der Waals surface area contributed by atoms with Gasteiger partial charge in [-0.3, -0.25) is 10.1 Å². The first kappa shape index (κ1) is 14.8. The molecule has 1 saturated carbocycles. The van der Waals surface area contributed by atoms with Gasteiger partial charge in [0.1, 0.15) is 21.9 Å². The number of fused-ring (bicyclic) bond motifs is 1. The largest absolute Gasteiger partial charge is 0.497 e. The molecule has 1 fully saturated rings. The number of benzene rings is 1. The lowest BCUT2D eigenvalue weighted by atomic mass is 10.1. The van der Waals surface area contributed by atoms with Crippen LogP contribution in [0.3, 0.4) is 0 Å². The molecule has 2 heterocycles. The molecule has 24 heavy (non-hydrogen) atoms. The van der Waals surface area contributed by atoms with E-state index >= 15 is 0 Å². The van der Waals surface area contributed by atoms with E-state index < -0.39 is 11.5 Å². The second kappa shape index (κ2) is 5.72. The van der Waals surface area contributed by atoms with E-state index in [-0.39, 0.29) is 5.56 Å². The zero-order valence-electron chi connectivity index (χ0n) is 12.7. The SMILES string of the molecule is COc1ccc2oc(=O)c(C(=O)Nc3nnc(C4CC4)s3)cc2c1. The number of carbonyl (C=O) groups is 1. The van der Waals surface area contributed by atoms with Crippen molar-refractivity contribution in [1.29, 1.82) is 0 Å². The summed E-state index contributed by atoms with van der Waals surface area (Å²) < 4.78 is 10.3. The molecule has 1 N–H and O–H groups in total. The van der Waals surface area contributed by atoms with Crippen molar-refractivity contribution < 1.29 is 13.9 Å². The van der Waals surface area contributed by atoms with Crippen LogP contribution < -0.4 is 15.7 Å². The van der Waals surface area contributed by atoms with Crippen LogP contribution in [0.15, 0.2) is 33.5 Å². The first-order valence-electron chi connectivity index (χ1n) is 7.40. The number of nitrogens with one attached hydrogen (secondary N) is 1. The van der Waals surface area contributed by atoms with Crippen LogP contribution in [0.4, 0.5) is 5.13 Å². The molecular weight excluding hydrogens is 330 g/mol. The molecule has 0 aliphatic heterocycles. The van der Waals surface area contributed by atoms with Gasteiger partial charge in [0.2, 0.25) is 5.13 Å². The Balaban J connectivity index is 1.64. The number of hydrogen-bond donors (Lipinski definition) is 1. The van der Waals surface area contributed by atoms with Gasteiger partial charge in [0, 0.05) is 11.3 Å². The molecule has 2 aromatic heterocycles. The highest BCUT2D eigenvalue weighted by Gasteiger charge is 2.28. The monoisotopic (exact) mass is 343 g/mol. The molecule has 1 aliphatic rings. The summed E-state index contributed by atoms with van der Waals surface area (Å²) in [5.74, 6) is 0.513. The number of carbonyl (C=O) groups excluding carboxylic acids is 1. The van der Waals surface area contributed by atoms with Crippen LogP contribution >= 0.6 is 11.3 Å². The molecule has 0 bridgehead atoms. The predicted molar refractivity (Wildman–Crippen MR) is 88.9 cm³/mol. The lowest BCUT2D eigenvalue weighted by molar-refractivity contribution is 0.102. The Kier molecular flexibility index (Phi) is 3.53. The van der Waals surface area contributed by atoms with Crippen LogP contribution in [-0.2, 0) is 0 Å². The fourth-order valence-electron chi connectivity index (χ4n) is 2.33. The Bertz CT molecular complexity index is 990. The van der Waals surface area contributed by atoms with Crippen LogP contribution in [0.2, 0.25) is 0 Å². The molecule has 0 spiro atoms. The third-order valence-corrected chi connectivity index (χ3v) is 4.77. The van der Waals surface area contributed by atoms with Crippen molar-refractivity contribution in [3.05, 3.63) is 45.3 Å². The van der Waals surface area contributed by atoms with Crippen LogP contribution in [0.5, 0.6) is 5.75 Å². The molecule has 122 valence electrons. The smallest absolute Gasteiger partial charge is 0.349 e. The molecule has 1 amide bonds. The van der Waals surface area contributed by atoms with Crippen molar-refractivity contribution in [3.63, 3.8) is 0 Å². The maximum absolute atomic E-state index is 12.4. The van der Waals surface area contributed by atoms with Crippen molar-refractivity contribution in [2.75, 3.05) is 12.4 Å². The number of hydrogen-bond acceptors (Lipinski definition) is 7. The van der Waals surface area contributed by atoms with Crippen LogP contribution in [0, 0.1) is 0 Å². The van der Waals surface area contributed by atoms with Crippen molar-refractivity contribution in [3.8, 4) is 5.75 Å². The van der Waals surface area contributed by atoms with Crippen LogP contribution in [0.1, 0.15) is 34.1 Å². The molecular formula is C16H13N3O4S. The summed E-state index contributed by atoms with van der Waals surface area (Å²) in [6.07, 6.45) is 2.22. The average Bonchev–Trinajstić information content (AvgIpc) is 3.33. The number of ether oxygens (including phenoxy) is 1. The Morgan fingerprint density at radius 2 is 2.17 bits per heavy atom. The van der Waals surface area contributed by atoms with E-state index in [1.165, 1.54) is 17.4 Å². The maximum Gasteiger partial charge on any atom is 0.349 e. The second-order valence-corrected chi connectivity index (χ2v) is 6.53. The van der Waals surface area contributed by atoms with Gasteiger partial charge in [-0.05, 0) is 37.1 Å². The van der Waals surface area contributed by atoms with Gasteiger partial charge in [-0.1, -0.05) is 11.3 Å². The zero-order valence-corrected chi connectivity index (χ0v) is 13.6. The standard InChI is InChI=1S/C16H13N3O4S/c1-22-10-4-5-12-9(6-10)7-11(15(21)23-12)13(20)17-16-19-18-14(24-16)8-2-3-8/h4-8H,2-3H2,1H3,(H,17,19,20). The van der Waals surface area contributed by atoms with Gasteiger partial charge >= 0.3 is 5.63 Å². The summed E-state index contributed by atoms with van der Waals surface area (Å²) in [4.78, 5) is 24.4. The molecule has 3 aromatic rings. The molecule has 4 rings (SSSR count). The van der Waals surface area contributed by atoms with E-state index in [4.69, 9.17) is 9.15 Å². The highest BCUT2D eigenvalue weighted by atomic mass is 32.1. The molecule has 0 atom stereocenters. The Morgan fingerprint density at radius 3 is 2.92 bits per heavy atom. The maximum atomic E-state index is 12.4. The van der Waals surface area contributed by atoms with E-state index in [1.54, 1.807) is 25.3 Å². The van der Waals surface area contributed by atoms with Gasteiger partial charge in [0.15, 0.2) is 0 Å². The quantitative estimate of drug-likeness (QED) is 0.732. The lowest BCUT2D eigenvalue weighted by Gasteiger charge is -2.04. The second-order valence-electron chi connectivity index (χ2n) is 5.53. The van der Waals surface area contributed by atoms with Gasteiger partial charge in [-0.25, -0.2) is 4.79 Å².